The van der Waals surface area contributed by atoms with Gasteiger partial charge < -0.3 is 9.15 Å². The zero-order valence-electron chi connectivity index (χ0n) is 9.82. The zero-order valence-corrected chi connectivity index (χ0v) is 9.82. The molecule has 17 heavy (non-hydrogen) atoms. The Hall–Kier alpha value is -1.65. The first kappa shape index (κ1) is 11.8. The number of esters is 1. The van der Waals surface area contributed by atoms with Crippen molar-refractivity contribution in [3.63, 3.8) is 0 Å². The van der Waals surface area contributed by atoms with Crippen molar-refractivity contribution >= 4 is 5.97 Å². The third kappa shape index (κ3) is 2.54. The first-order valence-electron chi connectivity index (χ1n) is 5.92. The van der Waals surface area contributed by atoms with Crippen molar-refractivity contribution in [2.24, 2.45) is 0 Å². The summed E-state index contributed by atoms with van der Waals surface area (Å²) in [4.78, 5) is 27.3. The monoisotopic (exact) mass is 237 g/mol. The van der Waals surface area contributed by atoms with E-state index in [0.29, 0.717) is 17.7 Å². The number of fused-ring (bicyclic) bond motifs is 1. The molecule has 5 heteroatoms. The molecule has 5 nitrogen and oxygen atoms in total. The van der Waals surface area contributed by atoms with Gasteiger partial charge in [0.2, 0.25) is 0 Å². The fourth-order valence-corrected chi connectivity index (χ4v) is 1.98. The quantitative estimate of drug-likeness (QED) is 0.575. The SMILES string of the molecule is CCOC(=O)c1nc2c(c(=O)o1)CCCCC2. The summed E-state index contributed by atoms with van der Waals surface area (Å²) in [6.07, 6.45) is 4.45. The largest absolute Gasteiger partial charge is 0.459 e. The van der Waals surface area contributed by atoms with Crippen molar-refractivity contribution < 1.29 is 13.9 Å². The topological polar surface area (TPSA) is 69.4 Å². The Kier molecular flexibility index (Phi) is 3.56. The van der Waals surface area contributed by atoms with Gasteiger partial charge in [-0.2, -0.15) is 0 Å². The average Bonchev–Trinajstić information content (AvgIpc) is 2.54. The van der Waals surface area contributed by atoms with Gasteiger partial charge in [0.15, 0.2) is 0 Å². The summed E-state index contributed by atoms with van der Waals surface area (Å²) in [5.74, 6) is -0.894. The Labute approximate surface area is 98.8 Å². The minimum atomic E-state index is -0.670. The number of aryl methyl sites for hydroxylation is 1. The molecule has 0 unspecified atom stereocenters. The number of aromatic nitrogens is 1. The molecular weight excluding hydrogens is 222 g/mol. The predicted octanol–water partition coefficient (Wildman–Crippen LogP) is 1.48. The molecule has 0 N–H and O–H groups in total. The highest BCUT2D eigenvalue weighted by molar-refractivity contribution is 5.84. The Bertz CT molecular complexity index is 478. The van der Waals surface area contributed by atoms with E-state index in [1.165, 1.54) is 0 Å². The molecule has 1 aliphatic carbocycles. The van der Waals surface area contributed by atoms with Gasteiger partial charge in [-0.05, 0) is 32.6 Å². The van der Waals surface area contributed by atoms with Gasteiger partial charge >= 0.3 is 17.5 Å². The van der Waals surface area contributed by atoms with Gasteiger partial charge in [0.05, 0.1) is 17.9 Å². The highest BCUT2D eigenvalue weighted by Gasteiger charge is 2.20. The van der Waals surface area contributed by atoms with E-state index in [2.05, 4.69) is 4.98 Å². The maximum absolute atomic E-state index is 11.7. The van der Waals surface area contributed by atoms with E-state index < -0.39 is 11.6 Å². The van der Waals surface area contributed by atoms with Gasteiger partial charge in [-0.25, -0.2) is 14.6 Å². The molecule has 1 heterocycles. The average molecular weight is 237 g/mol. The number of hydrogen-bond donors (Lipinski definition) is 0. The molecule has 0 aromatic carbocycles. The normalized spacial score (nSPS) is 14.9. The summed E-state index contributed by atoms with van der Waals surface area (Å²) in [6.45, 7) is 1.93. The first-order valence-corrected chi connectivity index (χ1v) is 5.92. The molecule has 0 aliphatic heterocycles. The maximum Gasteiger partial charge on any atom is 0.394 e. The number of rotatable bonds is 2. The Balaban J connectivity index is 2.39. The fraction of sp³-hybridized carbons (Fsp3) is 0.583. The van der Waals surface area contributed by atoms with Crippen LogP contribution in [0, 0.1) is 0 Å². The maximum atomic E-state index is 11.7. The van der Waals surface area contributed by atoms with E-state index in [-0.39, 0.29) is 12.5 Å². The molecule has 0 amide bonds. The zero-order chi connectivity index (χ0) is 12.3. The van der Waals surface area contributed by atoms with E-state index in [1.807, 2.05) is 0 Å². The van der Waals surface area contributed by atoms with Crippen molar-refractivity contribution in [3.05, 3.63) is 27.6 Å². The Morgan fingerprint density at radius 1 is 1.35 bits per heavy atom. The van der Waals surface area contributed by atoms with Crippen LogP contribution >= 0.6 is 0 Å². The van der Waals surface area contributed by atoms with Crippen LogP contribution in [0.4, 0.5) is 0 Å². The second-order valence-corrected chi connectivity index (χ2v) is 4.01. The molecule has 0 atom stereocenters. The molecule has 1 aromatic heterocycles. The van der Waals surface area contributed by atoms with Crippen molar-refractivity contribution in [3.8, 4) is 0 Å². The molecule has 0 spiro atoms. The fourth-order valence-electron chi connectivity index (χ4n) is 1.98. The van der Waals surface area contributed by atoms with Crippen LogP contribution in [0.25, 0.3) is 0 Å². The minimum absolute atomic E-state index is 0.225. The van der Waals surface area contributed by atoms with Crippen LogP contribution in [0.3, 0.4) is 0 Å². The molecule has 0 radical (unpaired) electrons. The molecule has 0 saturated carbocycles. The van der Waals surface area contributed by atoms with Crippen LogP contribution in [-0.2, 0) is 17.6 Å². The van der Waals surface area contributed by atoms with E-state index in [4.69, 9.17) is 9.15 Å². The van der Waals surface area contributed by atoms with Gasteiger partial charge in [0.1, 0.15) is 0 Å². The second kappa shape index (κ2) is 5.12. The summed E-state index contributed by atoms with van der Waals surface area (Å²) in [6, 6.07) is 0. The number of ether oxygens (including phenoxy) is 1. The van der Waals surface area contributed by atoms with Crippen molar-refractivity contribution in [2.45, 2.75) is 39.0 Å². The van der Waals surface area contributed by atoms with Crippen molar-refractivity contribution in [1.82, 2.24) is 4.98 Å². The lowest BCUT2D eigenvalue weighted by Gasteiger charge is -2.04. The highest BCUT2D eigenvalue weighted by Crippen LogP contribution is 2.16. The van der Waals surface area contributed by atoms with Crippen LogP contribution in [0.5, 0.6) is 0 Å². The van der Waals surface area contributed by atoms with Crippen LogP contribution in [0.1, 0.15) is 48.1 Å². The number of carbonyl (C=O) groups is 1. The summed E-state index contributed by atoms with van der Waals surface area (Å²) >= 11 is 0. The number of carbonyl (C=O) groups excluding carboxylic acids is 1. The number of hydrogen-bond acceptors (Lipinski definition) is 5. The molecule has 0 fully saturated rings. The molecular formula is C12H15NO4. The third-order valence-electron chi connectivity index (χ3n) is 2.81. The number of nitrogens with zero attached hydrogens (tertiary/aromatic N) is 1. The summed E-state index contributed by atoms with van der Waals surface area (Å²) in [7, 11) is 0. The van der Waals surface area contributed by atoms with E-state index >= 15 is 0 Å². The molecule has 92 valence electrons. The lowest BCUT2D eigenvalue weighted by atomic mass is 10.1. The first-order chi connectivity index (χ1) is 8.22. The van der Waals surface area contributed by atoms with E-state index in [9.17, 15) is 9.59 Å². The standard InChI is InChI=1S/C12H15NO4/c1-2-16-12(15)10-13-9-7-5-3-4-6-8(9)11(14)17-10/h2-7H2,1H3. The molecule has 1 aromatic rings. The van der Waals surface area contributed by atoms with Crippen LogP contribution in [0.2, 0.25) is 0 Å². The summed E-state index contributed by atoms with van der Waals surface area (Å²) in [5, 5.41) is 0. The van der Waals surface area contributed by atoms with Gasteiger partial charge in [-0.15, -0.1) is 0 Å². The van der Waals surface area contributed by atoms with Gasteiger partial charge in [-0.1, -0.05) is 6.42 Å². The summed E-state index contributed by atoms with van der Waals surface area (Å²) < 4.78 is 9.68. The second-order valence-electron chi connectivity index (χ2n) is 4.01. The molecule has 0 bridgehead atoms. The van der Waals surface area contributed by atoms with Crippen molar-refractivity contribution in [1.29, 1.82) is 0 Å². The lowest BCUT2D eigenvalue weighted by Crippen LogP contribution is -2.18. The van der Waals surface area contributed by atoms with Gasteiger partial charge in [0.25, 0.3) is 0 Å². The van der Waals surface area contributed by atoms with Crippen LogP contribution < -0.4 is 5.63 Å². The van der Waals surface area contributed by atoms with Gasteiger partial charge in [-0.3, -0.25) is 0 Å². The highest BCUT2D eigenvalue weighted by atomic mass is 16.5. The molecule has 1 aliphatic rings. The van der Waals surface area contributed by atoms with Crippen LogP contribution in [-0.4, -0.2) is 17.6 Å². The van der Waals surface area contributed by atoms with E-state index in [0.717, 1.165) is 25.7 Å². The predicted molar refractivity (Wildman–Crippen MR) is 60.0 cm³/mol. The Morgan fingerprint density at radius 3 is 2.88 bits per heavy atom. The molecule has 2 rings (SSSR count). The smallest absolute Gasteiger partial charge is 0.394 e. The minimum Gasteiger partial charge on any atom is -0.459 e. The lowest BCUT2D eigenvalue weighted by molar-refractivity contribution is 0.0471. The van der Waals surface area contributed by atoms with Gasteiger partial charge in [0, 0.05) is 0 Å². The molecule has 0 saturated heterocycles. The van der Waals surface area contributed by atoms with Crippen LogP contribution in [0.15, 0.2) is 9.21 Å². The third-order valence-corrected chi connectivity index (χ3v) is 2.81. The van der Waals surface area contributed by atoms with Crippen molar-refractivity contribution in [2.75, 3.05) is 6.61 Å². The Morgan fingerprint density at radius 2 is 2.12 bits per heavy atom. The summed E-state index contributed by atoms with van der Waals surface area (Å²) in [5.41, 5.74) is 0.873. The van der Waals surface area contributed by atoms with E-state index in [1.54, 1.807) is 6.92 Å².